The van der Waals surface area contributed by atoms with E-state index in [1.54, 1.807) is 7.05 Å². The predicted molar refractivity (Wildman–Crippen MR) is 48.0 cm³/mol. The summed E-state index contributed by atoms with van der Waals surface area (Å²) in [5.74, 6) is -0.790. The zero-order valence-electron chi connectivity index (χ0n) is 7.71. The quantitative estimate of drug-likeness (QED) is 0.537. The molecule has 0 amide bonds. The topological polar surface area (TPSA) is 75.3 Å². The highest BCUT2D eigenvalue weighted by Gasteiger charge is 2.13. The minimum atomic E-state index is -0.790. The zero-order chi connectivity index (χ0) is 9.56. The maximum Gasteiger partial charge on any atom is 0.320 e. The van der Waals surface area contributed by atoms with Crippen LogP contribution in [0.3, 0.4) is 0 Å². The molecule has 0 radical (unpaired) electrons. The third-order valence-corrected chi connectivity index (χ3v) is 1.80. The SMILES string of the molecule is CNC(CCCC(C)N)C(=O)O. The van der Waals surface area contributed by atoms with Gasteiger partial charge in [-0.25, -0.2) is 0 Å². The second-order valence-electron chi connectivity index (χ2n) is 3.09. The first kappa shape index (κ1) is 11.4. The molecular formula is C8H18N2O2. The lowest BCUT2D eigenvalue weighted by Crippen LogP contribution is -2.33. The molecule has 0 rings (SSSR count). The van der Waals surface area contributed by atoms with Crippen molar-refractivity contribution in [2.75, 3.05) is 7.05 Å². The fraction of sp³-hybridized carbons (Fsp3) is 0.875. The number of likely N-dealkylation sites (N-methyl/N-ethyl adjacent to an activating group) is 1. The molecular weight excluding hydrogens is 156 g/mol. The Hall–Kier alpha value is -0.610. The van der Waals surface area contributed by atoms with Gasteiger partial charge in [-0.1, -0.05) is 0 Å². The van der Waals surface area contributed by atoms with E-state index in [2.05, 4.69) is 5.32 Å². The van der Waals surface area contributed by atoms with Crippen LogP contribution >= 0.6 is 0 Å². The Labute approximate surface area is 73.1 Å². The van der Waals surface area contributed by atoms with Crippen LogP contribution in [0.4, 0.5) is 0 Å². The molecule has 4 heteroatoms. The van der Waals surface area contributed by atoms with Gasteiger partial charge in [-0.2, -0.15) is 0 Å². The van der Waals surface area contributed by atoms with Crippen LogP contribution in [0.2, 0.25) is 0 Å². The number of carboxylic acids is 1. The number of nitrogens with two attached hydrogens (primary N) is 1. The van der Waals surface area contributed by atoms with Crippen LogP contribution in [-0.2, 0) is 4.79 Å². The summed E-state index contributed by atoms with van der Waals surface area (Å²) in [6, 6.07) is -0.264. The predicted octanol–water partition coefficient (Wildman–Crippen LogP) is 0.177. The second-order valence-corrected chi connectivity index (χ2v) is 3.09. The van der Waals surface area contributed by atoms with E-state index in [9.17, 15) is 4.79 Å². The maximum absolute atomic E-state index is 10.5. The Morgan fingerprint density at radius 1 is 1.58 bits per heavy atom. The minimum Gasteiger partial charge on any atom is -0.480 e. The van der Waals surface area contributed by atoms with Crippen LogP contribution in [-0.4, -0.2) is 30.2 Å². The molecule has 4 nitrogen and oxygen atoms in total. The van der Waals surface area contributed by atoms with E-state index in [0.717, 1.165) is 12.8 Å². The summed E-state index contributed by atoms with van der Waals surface area (Å²) < 4.78 is 0. The summed E-state index contributed by atoms with van der Waals surface area (Å²) in [5.41, 5.74) is 5.53. The Morgan fingerprint density at radius 2 is 2.17 bits per heavy atom. The van der Waals surface area contributed by atoms with Crippen molar-refractivity contribution in [2.24, 2.45) is 5.73 Å². The monoisotopic (exact) mass is 174 g/mol. The van der Waals surface area contributed by atoms with Gasteiger partial charge >= 0.3 is 5.97 Å². The first-order valence-electron chi connectivity index (χ1n) is 4.23. The molecule has 0 aromatic carbocycles. The zero-order valence-corrected chi connectivity index (χ0v) is 7.71. The highest BCUT2D eigenvalue weighted by Crippen LogP contribution is 2.02. The third-order valence-electron chi connectivity index (χ3n) is 1.80. The van der Waals surface area contributed by atoms with Gasteiger partial charge < -0.3 is 16.2 Å². The van der Waals surface area contributed by atoms with E-state index < -0.39 is 12.0 Å². The Balaban J connectivity index is 3.52. The van der Waals surface area contributed by atoms with Gasteiger partial charge in [0.2, 0.25) is 0 Å². The lowest BCUT2D eigenvalue weighted by atomic mass is 10.1. The first-order valence-corrected chi connectivity index (χ1v) is 4.23. The Kier molecular flexibility index (Phi) is 5.66. The number of nitrogens with one attached hydrogen (secondary N) is 1. The van der Waals surface area contributed by atoms with E-state index in [0.29, 0.717) is 6.42 Å². The molecule has 0 aliphatic carbocycles. The molecule has 0 bridgehead atoms. The van der Waals surface area contributed by atoms with Crippen LogP contribution < -0.4 is 11.1 Å². The number of carboxylic acid groups (broad SMARTS) is 1. The van der Waals surface area contributed by atoms with Gasteiger partial charge in [-0.3, -0.25) is 4.79 Å². The third kappa shape index (κ3) is 5.09. The second kappa shape index (κ2) is 5.97. The minimum absolute atomic E-state index is 0.163. The molecule has 0 fully saturated rings. The van der Waals surface area contributed by atoms with E-state index in [-0.39, 0.29) is 6.04 Å². The van der Waals surface area contributed by atoms with Gasteiger partial charge in [0.15, 0.2) is 0 Å². The highest BCUT2D eigenvalue weighted by atomic mass is 16.4. The molecule has 4 N–H and O–H groups in total. The van der Waals surface area contributed by atoms with Crippen molar-refractivity contribution in [1.29, 1.82) is 0 Å². The van der Waals surface area contributed by atoms with Crippen molar-refractivity contribution in [3.63, 3.8) is 0 Å². The van der Waals surface area contributed by atoms with Gasteiger partial charge in [0.25, 0.3) is 0 Å². The van der Waals surface area contributed by atoms with Crippen molar-refractivity contribution in [3.05, 3.63) is 0 Å². The summed E-state index contributed by atoms with van der Waals surface area (Å²) >= 11 is 0. The van der Waals surface area contributed by atoms with E-state index in [1.807, 2.05) is 6.92 Å². The molecule has 0 heterocycles. The van der Waals surface area contributed by atoms with Crippen molar-refractivity contribution in [1.82, 2.24) is 5.32 Å². The van der Waals surface area contributed by atoms with Crippen molar-refractivity contribution in [3.8, 4) is 0 Å². The molecule has 0 spiro atoms. The van der Waals surface area contributed by atoms with Crippen LogP contribution in [0.1, 0.15) is 26.2 Å². The van der Waals surface area contributed by atoms with Crippen LogP contribution in [0.15, 0.2) is 0 Å². The molecule has 72 valence electrons. The number of aliphatic carboxylic acids is 1. The first-order chi connectivity index (χ1) is 5.57. The van der Waals surface area contributed by atoms with Gasteiger partial charge in [-0.15, -0.1) is 0 Å². The van der Waals surface area contributed by atoms with Crippen LogP contribution in [0, 0.1) is 0 Å². The van der Waals surface area contributed by atoms with Crippen LogP contribution in [0.5, 0.6) is 0 Å². The standard InChI is InChI=1S/C8H18N2O2/c1-6(9)4-3-5-7(10-2)8(11)12/h6-7,10H,3-5,9H2,1-2H3,(H,11,12). The van der Waals surface area contributed by atoms with Crippen molar-refractivity contribution >= 4 is 5.97 Å². The molecule has 0 aromatic heterocycles. The lowest BCUT2D eigenvalue weighted by Gasteiger charge is -2.11. The van der Waals surface area contributed by atoms with Crippen molar-refractivity contribution < 1.29 is 9.90 Å². The van der Waals surface area contributed by atoms with Gasteiger partial charge in [0.1, 0.15) is 6.04 Å². The highest BCUT2D eigenvalue weighted by molar-refractivity contribution is 5.73. The summed E-state index contributed by atoms with van der Waals surface area (Å²) in [6.45, 7) is 1.93. The molecule has 0 aliphatic rings. The molecule has 12 heavy (non-hydrogen) atoms. The van der Waals surface area contributed by atoms with Gasteiger partial charge in [0.05, 0.1) is 0 Å². The summed E-state index contributed by atoms with van der Waals surface area (Å²) in [6.07, 6.45) is 2.38. The fourth-order valence-corrected chi connectivity index (χ4v) is 1.04. The number of rotatable bonds is 6. The summed E-state index contributed by atoms with van der Waals surface area (Å²) in [4.78, 5) is 10.5. The van der Waals surface area contributed by atoms with E-state index >= 15 is 0 Å². The van der Waals surface area contributed by atoms with Crippen LogP contribution in [0.25, 0.3) is 0 Å². The fourth-order valence-electron chi connectivity index (χ4n) is 1.04. The molecule has 0 aromatic rings. The largest absolute Gasteiger partial charge is 0.480 e. The smallest absolute Gasteiger partial charge is 0.320 e. The number of hydrogen-bond donors (Lipinski definition) is 3. The van der Waals surface area contributed by atoms with E-state index in [4.69, 9.17) is 10.8 Å². The summed E-state index contributed by atoms with van der Waals surface area (Å²) in [5, 5.41) is 11.4. The molecule has 0 saturated heterocycles. The maximum atomic E-state index is 10.5. The van der Waals surface area contributed by atoms with E-state index in [1.165, 1.54) is 0 Å². The van der Waals surface area contributed by atoms with Gasteiger partial charge in [-0.05, 0) is 33.2 Å². The number of carbonyl (C=O) groups is 1. The molecule has 2 unspecified atom stereocenters. The molecule has 0 aliphatic heterocycles. The number of hydrogen-bond acceptors (Lipinski definition) is 3. The summed E-state index contributed by atoms with van der Waals surface area (Å²) in [7, 11) is 1.66. The normalized spacial score (nSPS) is 15.6. The Bertz CT molecular complexity index is 137. The average molecular weight is 174 g/mol. The lowest BCUT2D eigenvalue weighted by molar-refractivity contribution is -0.139. The van der Waals surface area contributed by atoms with Crippen molar-refractivity contribution in [2.45, 2.75) is 38.3 Å². The van der Waals surface area contributed by atoms with Gasteiger partial charge in [0, 0.05) is 6.04 Å². The Morgan fingerprint density at radius 3 is 2.50 bits per heavy atom. The molecule has 0 saturated carbocycles. The average Bonchev–Trinajstić information content (AvgIpc) is 1.96. The molecule has 2 atom stereocenters.